The Morgan fingerprint density at radius 3 is 1.15 bits per heavy atom. The van der Waals surface area contributed by atoms with Crippen LogP contribution in [0.5, 0.6) is 0 Å². The Bertz CT molecular complexity index is 1990. The van der Waals surface area contributed by atoms with Crippen molar-refractivity contribution in [1.82, 2.24) is 54.7 Å². The van der Waals surface area contributed by atoms with E-state index in [1.54, 1.807) is 13.8 Å². The number of hydrogen-bond donors (Lipinski definition) is 2. The number of hydrogen-bond acceptors (Lipinski definition) is 12. The molecular formula is C89H183F4N11O. The van der Waals surface area contributed by atoms with Crippen LogP contribution in [0.25, 0.3) is 0 Å². The Morgan fingerprint density at radius 1 is 0.400 bits per heavy atom. The lowest BCUT2D eigenvalue weighted by Gasteiger charge is -2.44. The van der Waals surface area contributed by atoms with Crippen molar-refractivity contribution in [2.75, 3.05) is 206 Å². The summed E-state index contributed by atoms with van der Waals surface area (Å²) >= 11 is 0. The van der Waals surface area contributed by atoms with Gasteiger partial charge in [-0.25, -0.2) is 4.39 Å². The highest BCUT2D eigenvalue weighted by Crippen LogP contribution is 2.55. The molecular weight excluding hydrogens is 1320 g/mol. The van der Waals surface area contributed by atoms with Gasteiger partial charge in [0.2, 0.25) is 0 Å². The maximum absolute atomic E-state index is 13.8. The van der Waals surface area contributed by atoms with Crippen molar-refractivity contribution in [1.29, 1.82) is 0 Å². The van der Waals surface area contributed by atoms with Crippen molar-refractivity contribution < 1.29 is 22.3 Å². The molecule has 0 radical (unpaired) electrons. The summed E-state index contributed by atoms with van der Waals surface area (Å²) in [5.74, 6) is 13.0. The third-order valence-corrected chi connectivity index (χ3v) is 27.8. The van der Waals surface area contributed by atoms with E-state index >= 15 is 0 Å². The first-order chi connectivity index (χ1) is 49.0. The van der Waals surface area contributed by atoms with Gasteiger partial charge in [0.15, 0.2) is 0 Å². The number of ether oxygens (including phenoxy) is 1. The molecule has 628 valence electrons. The molecule has 10 aliphatic heterocycles. The fourth-order valence-corrected chi connectivity index (χ4v) is 17.4. The van der Waals surface area contributed by atoms with Gasteiger partial charge in [0.25, 0.3) is 0 Å². The molecule has 0 aromatic carbocycles. The fraction of sp³-hybridized carbons (Fsp3) is 1.00. The van der Waals surface area contributed by atoms with Gasteiger partial charge >= 0.3 is 6.18 Å². The van der Waals surface area contributed by atoms with Gasteiger partial charge < -0.3 is 54.6 Å². The summed E-state index contributed by atoms with van der Waals surface area (Å²) < 4.78 is 58.3. The summed E-state index contributed by atoms with van der Waals surface area (Å²) in [6.45, 7) is 76.9. The number of alkyl halides is 4. The first-order valence-corrected chi connectivity index (χ1v) is 44.1. The SMILES string of the molecule is CC(C)C1(C(F)(F)F)CCN(C)CC1.CC(C)C1(C)CCN(C)CC1.CC(C)C1(F)CCN(C)CC1.CC(C)C1C2CN(C)CC21.CC(C)C1CCCNC1.CC(C)C1CCN(C)CC1.CC(C)C1CCNCC1.CC(C)C1CN(C)CCO1.CC(C)N1CCN(C)CC1.CCN1CCC(C(C)C)CC1. The van der Waals surface area contributed by atoms with Gasteiger partial charge in [-0.3, -0.25) is 4.90 Å². The zero-order valence-corrected chi connectivity index (χ0v) is 75.2. The second kappa shape index (κ2) is 51.2. The number of morpholine rings is 1. The van der Waals surface area contributed by atoms with Crippen LogP contribution in [0.1, 0.15) is 242 Å². The Hall–Kier alpha value is -0.760. The largest absolute Gasteiger partial charge is 0.394 e. The first-order valence-electron chi connectivity index (χ1n) is 44.1. The summed E-state index contributed by atoms with van der Waals surface area (Å²) in [4.78, 5) is 21.3. The van der Waals surface area contributed by atoms with E-state index in [9.17, 15) is 17.6 Å². The Morgan fingerprint density at radius 2 is 0.819 bits per heavy atom. The minimum Gasteiger partial charge on any atom is -0.375 e. The molecule has 12 nitrogen and oxygen atoms in total. The lowest BCUT2D eigenvalue weighted by atomic mass is 9.69. The topological polar surface area (TPSA) is 62.5 Å². The second-order valence-corrected chi connectivity index (χ2v) is 39.0. The molecule has 11 rings (SSSR count). The number of piperidine rings is 8. The third kappa shape index (κ3) is 38.3. The molecule has 0 amide bonds. The van der Waals surface area contributed by atoms with Crippen LogP contribution >= 0.6 is 0 Å². The number of halogens is 4. The predicted molar refractivity (Wildman–Crippen MR) is 450 cm³/mol. The van der Waals surface area contributed by atoms with Crippen LogP contribution in [0.15, 0.2) is 0 Å². The number of piperazine rings is 1. The zero-order valence-electron chi connectivity index (χ0n) is 75.2. The maximum atomic E-state index is 13.8. The van der Waals surface area contributed by atoms with Gasteiger partial charge in [-0.1, -0.05) is 138 Å². The number of fused-ring (bicyclic) bond motifs is 1. The van der Waals surface area contributed by atoms with Crippen LogP contribution in [-0.4, -0.2) is 275 Å². The molecule has 1 saturated carbocycles. The molecule has 0 aromatic heterocycles. The number of likely N-dealkylation sites (tertiary alicyclic amines) is 6. The third-order valence-electron chi connectivity index (χ3n) is 27.8. The Kier molecular flexibility index (Phi) is 48.9. The molecule has 2 N–H and O–H groups in total. The van der Waals surface area contributed by atoms with E-state index in [2.05, 4.69) is 217 Å². The van der Waals surface area contributed by atoms with Crippen molar-refractivity contribution in [2.45, 2.75) is 266 Å². The molecule has 105 heavy (non-hydrogen) atoms. The standard InChI is InChI=1S/C10H18F3N.2C10H21N.C9H18FN.C9H17N.C9H19N.C8H18N2.C8H17NO.2C8H17N/c1-8(2)9(10(11,12)13)4-6-14(3)7-5-9;1-9(2)10(3)5-7-11(4)8-6-10;1-4-11-7-5-10(6-8-11)9(2)3;1-8(2)9(10)4-6-11(3)7-5-9;1-6(2)9-7-4-10(3)5-8(7)9;1-8(2)9-4-6-10(3)7-5-9;1-8(2)10-6-4-9(3)5-7-10;1-7(2)8-6-9(3)4-5-10-8;1-7(2)8-3-5-9-6-4-8;1-7(2)8-4-3-5-9-6-8/h8H,4-7H2,1-3H3;9H,5-8H2,1-4H3;9-10H,4-8H2,1-3H3;8H,4-7H2,1-3H3;6-9H,4-5H2,1-3H3;8-9H,4-7H2,1-3H3;8H,4-7H2,1-3H3;7-8H,4-6H2,1-3H3;2*7-9H,3-6H2,1-2H3. The van der Waals surface area contributed by atoms with Crippen LogP contribution in [0, 0.1) is 106 Å². The van der Waals surface area contributed by atoms with Crippen LogP contribution < -0.4 is 10.6 Å². The Labute approximate surface area is 652 Å². The highest BCUT2D eigenvalue weighted by molar-refractivity contribution is 5.05. The van der Waals surface area contributed by atoms with Crippen LogP contribution in [-0.2, 0) is 4.74 Å². The van der Waals surface area contributed by atoms with Gasteiger partial charge in [0.05, 0.1) is 18.1 Å². The van der Waals surface area contributed by atoms with E-state index in [4.69, 9.17) is 4.74 Å². The van der Waals surface area contributed by atoms with Gasteiger partial charge in [0.1, 0.15) is 5.67 Å². The quantitative estimate of drug-likeness (QED) is 0.194. The van der Waals surface area contributed by atoms with Crippen LogP contribution in [0.3, 0.4) is 0 Å². The van der Waals surface area contributed by atoms with Crippen molar-refractivity contribution >= 4 is 0 Å². The summed E-state index contributed by atoms with van der Waals surface area (Å²) in [7, 11) is 15.0. The highest BCUT2D eigenvalue weighted by atomic mass is 19.4. The lowest BCUT2D eigenvalue weighted by molar-refractivity contribution is -0.252. The van der Waals surface area contributed by atoms with E-state index in [1.165, 1.54) is 175 Å². The fourth-order valence-electron chi connectivity index (χ4n) is 17.4. The van der Waals surface area contributed by atoms with Gasteiger partial charge in [-0.15, -0.1) is 0 Å². The number of nitrogens with zero attached hydrogens (tertiary/aromatic N) is 9. The average Bonchev–Trinajstić information content (AvgIpc) is 1.69. The van der Waals surface area contributed by atoms with Crippen LogP contribution in [0.2, 0.25) is 0 Å². The van der Waals surface area contributed by atoms with Crippen molar-refractivity contribution in [3.8, 4) is 0 Å². The van der Waals surface area contributed by atoms with E-state index in [0.29, 0.717) is 43.4 Å². The van der Waals surface area contributed by atoms with Gasteiger partial charge in [-0.2, -0.15) is 13.2 Å². The summed E-state index contributed by atoms with van der Waals surface area (Å²) in [5.41, 5.74) is -1.71. The molecule has 11 aliphatic rings. The molecule has 16 heteroatoms. The molecule has 0 aromatic rings. The first kappa shape index (κ1) is 100. The molecule has 0 spiro atoms. The smallest absolute Gasteiger partial charge is 0.375 e. The normalized spacial score (nSPS) is 27.3. The number of nitrogens with one attached hydrogen (secondary N) is 2. The molecule has 1 aliphatic carbocycles. The van der Waals surface area contributed by atoms with Crippen molar-refractivity contribution in [3.05, 3.63) is 0 Å². The number of likely N-dealkylation sites (N-methyl/N-ethyl adjacent to an activating group) is 2. The molecule has 4 atom stereocenters. The maximum Gasteiger partial charge on any atom is 0.394 e. The van der Waals surface area contributed by atoms with E-state index in [-0.39, 0.29) is 24.7 Å². The molecule has 10 heterocycles. The number of rotatable bonds is 11. The minimum absolute atomic E-state index is 0.177. The highest BCUT2D eigenvalue weighted by Gasteiger charge is 2.57. The Balaban J connectivity index is 0.000000397. The zero-order chi connectivity index (χ0) is 79.6. The molecule has 0 bridgehead atoms. The summed E-state index contributed by atoms with van der Waals surface area (Å²) in [6, 6.07) is 0.730. The van der Waals surface area contributed by atoms with Crippen molar-refractivity contribution in [3.63, 3.8) is 0 Å². The molecule has 10 saturated heterocycles. The average molecular weight is 1500 g/mol. The van der Waals surface area contributed by atoms with E-state index in [1.807, 2.05) is 25.8 Å². The van der Waals surface area contributed by atoms with Crippen LogP contribution in [0.4, 0.5) is 17.6 Å². The molecule has 11 fully saturated rings. The van der Waals surface area contributed by atoms with Gasteiger partial charge in [-0.05, 0) is 338 Å². The monoisotopic (exact) mass is 1500 g/mol. The van der Waals surface area contributed by atoms with Crippen molar-refractivity contribution in [2.24, 2.45) is 106 Å². The second-order valence-electron chi connectivity index (χ2n) is 39.0. The predicted octanol–water partition coefficient (Wildman–Crippen LogP) is 18.1. The lowest BCUT2D eigenvalue weighted by Crippen LogP contribution is -2.50. The van der Waals surface area contributed by atoms with E-state index < -0.39 is 17.3 Å². The molecule has 4 unspecified atom stereocenters. The summed E-state index contributed by atoms with van der Waals surface area (Å²) in [5, 5.41) is 6.79. The van der Waals surface area contributed by atoms with Gasteiger partial charge in [0, 0.05) is 71.5 Å². The summed E-state index contributed by atoms with van der Waals surface area (Å²) in [6.07, 6.45) is 12.3. The minimum atomic E-state index is -4.05. The van der Waals surface area contributed by atoms with E-state index in [0.717, 1.165) is 116 Å².